The SMILES string of the molecule is CN1C(c2ccccc2)=C2Sc3ccccc3C2NC1c1cccc2oc3ccc(-c4ccc(-c5ccc(-c6ccccc6)cc5)cc4)cc3c12. The van der Waals surface area contributed by atoms with Gasteiger partial charge < -0.3 is 9.32 Å². The van der Waals surface area contributed by atoms with E-state index in [0.29, 0.717) is 0 Å². The molecule has 0 saturated carbocycles. The van der Waals surface area contributed by atoms with Gasteiger partial charge in [-0.05, 0) is 68.8 Å². The van der Waals surface area contributed by atoms with Crippen molar-refractivity contribution in [3.63, 3.8) is 0 Å². The molecule has 10 rings (SSSR count). The summed E-state index contributed by atoms with van der Waals surface area (Å²) in [6.07, 6.45) is -0.0681. The topological polar surface area (TPSA) is 28.4 Å². The van der Waals surface area contributed by atoms with E-state index in [1.54, 1.807) is 0 Å². The van der Waals surface area contributed by atoms with Crippen molar-refractivity contribution in [1.29, 1.82) is 0 Å². The predicted molar refractivity (Wildman–Crippen MR) is 212 cm³/mol. The summed E-state index contributed by atoms with van der Waals surface area (Å²) in [4.78, 5) is 5.09. The van der Waals surface area contributed by atoms with Gasteiger partial charge in [0.05, 0.1) is 11.7 Å². The minimum absolute atomic E-state index is 0.0681. The first-order valence-electron chi connectivity index (χ1n) is 17.5. The highest BCUT2D eigenvalue weighted by Gasteiger charge is 2.40. The summed E-state index contributed by atoms with van der Waals surface area (Å²) >= 11 is 1.89. The minimum Gasteiger partial charge on any atom is -0.456 e. The van der Waals surface area contributed by atoms with Gasteiger partial charge in [0, 0.05) is 33.2 Å². The first-order chi connectivity index (χ1) is 25.2. The van der Waals surface area contributed by atoms with Gasteiger partial charge in [-0.3, -0.25) is 5.32 Å². The second-order valence-corrected chi connectivity index (χ2v) is 14.5. The molecule has 3 nitrogen and oxygen atoms in total. The molecule has 0 saturated heterocycles. The van der Waals surface area contributed by atoms with Gasteiger partial charge in [0.2, 0.25) is 0 Å². The van der Waals surface area contributed by atoms with Crippen molar-refractivity contribution in [3.05, 3.63) is 191 Å². The summed E-state index contributed by atoms with van der Waals surface area (Å²) in [6, 6.07) is 61.1. The van der Waals surface area contributed by atoms with Crippen LogP contribution in [0.5, 0.6) is 0 Å². The van der Waals surface area contributed by atoms with Gasteiger partial charge in [-0.25, -0.2) is 0 Å². The van der Waals surface area contributed by atoms with Crippen LogP contribution in [0.4, 0.5) is 0 Å². The largest absolute Gasteiger partial charge is 0.456 e. The molecule has 7 aromatic carbocycles. The third kappa shape index (κ3) is 5.10. The summed E-state index contributed by atoms with van der Waals surface area (Å²) in [5.41, 5.74) is 14.1. The number of hydrogen-bond acceptors (Lipinski definition) is 4. The van der Waals surface area contributed by atoms with Gasteiger partial charge >= 0.3 is 0 Å². The molecule has 244 valence electrons. The molecule has 2 aliphatic heterocycles. The minimum atomic E-state index is -0.0681. The highest BCUT2D eigenvalue weighted by molar-refractivity contribution is 8.03. The van der Waals surface area contributed by atoms with E-state index >= 15 is 0 Å². The molecule has 2 unspecified atom stereocenters. The van der Waals surface area contributed by atoms with Crippen molar-refractivity contribution < 1.29 is 4.42 Å². The van der Waals surface area contributed by atoms with Crippen molar-refractivity contribution in [3.8, 4) is 33.4 Å². The Morgan fingerprint density at radius 2 is 1.06 bits per heavy atom. The molecule has 1 aromatic heterocycles. The second kappa shape index (κ2) is 12.2. The third-order valence-corrected chi connectivity index (χ3v) is 11.7. The van der Waals surface area contributed by atoms with Gasteiger partial charge in [-0.1, -0.05) is 157 Å². The lowest BCUT2D eigenvalue weighted by Crippen LogP contribution is -2.41. The molecule has 51 heavy (non-hydrogen) atoms. The van der Waals surface area contributed by atoms with Crippen molar-refractivity contribution in [1.82, 2.24) is 10.2 Å². The van der Waals surface area contributed by atoms with E-state index in [1.807, 2.05) is 11.8 Å². The molecule has 8 aromatic rings. The Morgan fingerprint density at radius 3 is 1.75 bits per heavy atom. The molecule has 2 atom stereocenters. The molecule has 0 spiro atoms. The van der Waals surface area contributed by atoms with Crippen molar-refractivity contribution in [2.75, 3.05) is 7.05 Å². The Labute approximate surface area is 301 Å². The van der Waals surface area contributed by atoms with Crippen LogP contribution in [-0.2, 0) is 0 Å². The van der Waals surface area contributed by atoms with E-state index in [9.17, 15) is 0 Å². The first kappa shape index (κ1) is 30.1. The van der Waals surface area contributed by atoms with E-state index in [4.69, 9.17) is 4.42 Å². The average Bonchev–Trinajstić information content (AvgIpc) is 3.76. The molecule has 0 aliphatic carbocycles. The number of thioether (sulfide) groups is 1. The number of fused-ring (bicyclic) bond motifs is 6. The third-order valence-electron chi connectivity index (χ3n) is 10.4. The molecule has 3 heterocycles. The highest BCUT2D eigenvalue weighted by atomic mass is 32.2. The fraction of sp³-hybridized carbons (Fsp3) is 0.0638. The molecule has 0 radical (unpaired) electrons. The van der Waals surface area contributed by atoms with Gasteiger partial charge in [0.25, 0.3) is 0 Å². The number of rotatable bonds is 5. The first-order valence-corrected chi connectivity index (χ1v) is 18.3. The van der Waals surface area contributed by atoms with Crippen LogP contribution in [0.15, 0.2) is 184 Å². The zero-order chi connectivity index (χ0) is 33.9. The second-order valence-electron chi connectivity index (χ2n) is 13.4. The Hall–Kier alpha value is -5.81. The number of benzene rings is 7. The molecule has 4 heteroatoms. The fourth-order valence-electron chi connectivity index (χ4n) is 7.90. The monoisotopic (exact) mass is 674 g/mol. The van der Waals surface area contributed by atoms with Crippen LogP contribution in [0.1, 0.15) is 28.9 Å². The maximum atomic E-state index is 6.52. The lowest BCUT2D eigenvalue weighted by molar-refractivity contribution is 0.263. The van der Waals surface area contributed by atoms with Crippen molar-refractivity contribution >= 4 is 39.4 Å². The molecular weight excluding hydrogens is 641 g/mol. The molecule has 1 N–H and O–H groups in total. The number of hydrogen-bond donors (Lipinski definition) is 1. The van der Waals surface area contributed by atoms with E-state index in [-0.39, 0.29) is 12.2 Å². The zero-order valence-corrected chi connectivity index (χ0v) is 28.9. The van der Waals surface area contributed by atoms with E-state index in [1.165, 1.54) is 65.6 Å². The maximum absolute atomic E-state index is 6.52. The van der Waals surface area contributed by atoms with E-state index < -0.39 is 0 Å². The Balaban J connectivity index is 1.03. The fourth-order valence-corrected chi connectivity index (χ4v) is 9.26. The van der Waals surface area contributed by atoms with Crippen LogP contribution in [0.3, 0.4) is 0 Å². The Morgan fingerprint density at radius 1 is 0.510 bits per heavy atom. The van der Waals surface area contributed by atoms with Crippen molar-refractivity contribution in [2.45, 2.75) is 17.1 Å². The molecule has 2 aliphatic rings. The van der Waals surface area contributed by atoms with Crippen LogP contribution in [0.25, 0.3) is 61.0 Å². The molecular formula is C47H34N2OS. The van der Waals surface area contributed by atoms with Crippen LogP contribution in [-0.4, -0.2) is 11.9 Å². The van der Waals surface area contributed by atoms with Crippen LogP contribution in [0, 0.1) is 0 Å². The van der Waals surface area contributed by atoms with Crippen LogP contribution >= 0.6 is 11.8 Å². The Kier molecular flexibility index (Phi) is 7.19. The Bertz CT molecular complexity index is 2590. The van der Waals surface area contributed by atoms with E-state index in [2.05, 4.69) is 187 Å². The van der Waals surface area contributed by atoms with E-state index in [0.717, 1.165) is 21.9 Å². The van der Waals surface area contributed by atoms with Crippen LogP contribution < -0.4 is 5.32 Å². The van der Waals surface area contributed by atoms with Gasteiger partial charge in [0.15, 0.2) is 0 Å². The zero-order valence-electron chi connectivity index (χ0n) is 28.1. The summed E-state index contributed by atoms with van der Waals surface area (Å²) in [5, 5.41) is 6.36. The standard InChI is InChI=1S/C47H34N2OS/c1-49-45(35-13-6-3-7-14-35)46-44(37-15-8-9-18-42(37)51-46)48-47(49)38-16-10-17-41-43(38)39-29-36(27-28-40(39)50-41)34-25-23-33(24-26-34)32-21-19-31(20-22-32)30-11-4-2-5-12-30/h2-29,44,47-48H,1H3. The lowest BCUT2D eigenvalue weighted by Gasteiger charge is -2.41. The lowest BCUT2D eigenvalue weighted by atomic mass is 9.94. The van der Waals surface area contributed by atoms with Gasteiger partial charge in [-0.2, -0.15) is 0 Å². The molecule has 0 amide bonds. The smallest absolute Gasteiger partial charge is 0.135 e. The van der Waals surface area contributed by atoms with Crippen LogP contribution in [0.2, 0.25) is 0 Å². The van der Waals surface area contributed by atoms with Crippen molar-refractivity contribution in [2.24, 2.45) is 0 Å². The number of furan rings is 1. The molecule has 0 fully saturated rings. The summed E-state index contributed by atoms with van der Waals surface area (Å²) in [7, 11) is 2.22. The summed E-state index contributed by atoms with van der Waals surface area (Å²) in [5.74, 6) is 0. The normalized spacial score (nSPS) is 16.8. The quantitative estimate of drug-likeness (QED) is 0.197. The van der Waals surface area contributed by atoms with Gasteiger partial charge in [0.1, 0.15) is 17.3 Å². The average molecular weight is 675 g/mol. The molecule has 0 bridgehead atoms. The number of nitrogens with zero attached hydrogens (tertiary/aromatic N) is 1. The van der Waals surface area contributed by atoms with Gasteiger partial charge in [-0.15, -0.1) is 0 Å². The summed E-state index contributed by atoms with van der Waals surface area (Å²) < 4.78 is 6.52. The number of nitrogens with one attached hydrogen (secondary N) is 1. The maximum Gasteiger partial charge on any atom is 0.135 e. The predicted octanol–water partition coefficient (Wildman–Crippen LogP) is 12.3. The summed E-state index contributed by atoms with van der Waals surface area (Å²) in [6.45, 7) is 0. The highest BCUT2D eigenvalue weighted by Crippen LogP contribution is 2.55.